The number of hydrogen-bond donors (Lipinski definition) is 1. The molecule has 3 nitrogen and oxygen atoms in total. The average Bonchev–Trinajstić information content (AvgIpc) is 3.36. The number of amidine groups is 1. The Morgan fingerprint density at radius 2 is 1.62 bits per heavy atom. The maximum absolute atomic E-state index is 12.5. The van der Waals surface area contributed by atoms with Crippen molar-refractivity contribution in [2.75, 3.05) is 0 Å². The summed E-state index contributed by atoms with van der Waals surface area (Å²) >= 11 is 0. The Morgan fingerprint density at radius 1 is 1.00 bits per heavy atom. The van der Waals surface area contributed by atoms with Gasteiger partial charge < -0.3 is 5.32 Å². The molecule has 132 valence electrons. The van der Waals surface area contributed by atoms with Crippen molar-refractivity contribution in [3.05, 3.63) is 76.5 Å². The number of aryl methyl sites for hydroxylation is 2. The number of aliphatic imine (C=N–C) groups is 1. The van der Waals surface area contributed by atoms with Gasteiger partial charge in [0.05, 0.1) is 0 Å². The van der Waals surface area contributed by atoms with Crippen molar-refractivity contribution < 1.29 is 4.79 Å². The van der Waals surface area contributed by atoms with Crippen LogP contribution in [0.2, 0.25) is 0 Å². The van der Waals surface area contributed by atoms with Gasteiger partial charge in [-0.05, 0) is 62.3 Å². The number of amides is 1. The van der Waals surface area contributed by atoms with E-state index in [2.05, 4.69) is 41.5 Å². The van der Waals surface area contributed by atoms with Crippen molar-refractivity contribution in [3.8, 4) is 0 Å². The molecule has 0 saturated heterocycles. The Kier molecular flexibility index (Phi) is 4.46. The molecule has 0 aromatic heterocycles. The van der Waals surface area contributed by atoms with E-state index >= 15 is 0 Å². The van der Waals surface area contributed by atoms with E-state index in [1.807, 2.05) is 31.2 Å². The molecule has 1 fully saturated rings. The molecule has 2 aromatic rings. The van der Waals surface area contributed by atoms with Gasteiger partial charge in [-0.2, -0.15) is 4.99 Å². The van der Waals surface area contributed by atoms with Crippen molar-refractivity contribution in [2.45, 2.75) is 39.5 Å². The molecule has 1 aliphatic heterocycles. The van der Waals surface area contributed by atoms with Crippen LogP contribution in [0.15, 0.2) is 59.2 Å². The molecule has 0 atom stereocenters. The predicted octanol–water partition coefficient (Wildman–Crippen LogP) is 5.05. The number of nitrogens with one attached hydrogen (secondary N) is 1. The molecular weight excluding hydrogens is 320 g/mol. The Hall–Kier alpha value is -2.68. The van der Waals surface area contributed by atoms with Gasteiger partial charge >= 0.3 is 0 Å². The molecule has 0 unspecified atom stereocenters. The van der Waals surface area contributed by atoms with Gasteiger partial charge in [0.2, 0.25) is 0 Å². The summed E-state index contributed by atoms with van der Waals surface area (Å²) in [6.07, 6.45) is 4.37. The van der Waals surface area contributed by atoms with Crippen LogP contribution >= 0.6 is 0 Å². The summed E-state index contributed by atoms with van der Waals surface area (Å²) in [5.74, 6) is 1.37. The lowest BCUT2D eigenvalue weighted by molar-refractivity contribution is 0.100. The third-order valence-corrected chi connectivity index (χ3v) is 5.13. The molecule has 1 amide bonds. The molecule has 3 heteroatoms. The van der Waals surface area contributed by atoms with Crippen LogP contribution in [0.1, 0.15) is 52.7 Å². The van der Waals surface area contributed by atoms with Crippen LogP contribution in [-0.2, 0) is 0 Å². The molecule has 0 bridgehead atoms. The SMILES string of the molecule is Cc1ccc(C(=O)/N=C2/CC(c3ccc(C)cc3)=C(CC3CC3)N2)cc1. The summed E-state index contributed by atoms with van der Waals surface area (Å²) in [5, 5.41) is 3.45. The molecule has 0 radical (unpaired) electrons. The highest BCUT2D eigenvalue weighted by Gasteiger charge is 2.28. The van der Waals surface area contributed by atoms with E-state index in [0.717, 1.165) is 23.7 Å². The molecule has 26 heavy (non-hydrogen) atoms. The average molecular weight is 344 g/mol. The molecule has 2 aliphatic rings. The molecule has 1 saturated carbocycles. The van der Waals surface area contributed by atoms with Crippen LogP contribution in [0.3, 0.4) is 0 Å². The first-order valence-corrected chi connectivity index (χ1v) is 9.33. The highest BCUT2D eigenvalue weighted by Crippen LogP contribution is 2.39. The van der Waals surface area contributed by atoms with Crippen molar-refractivity contribution in [2.24, 2.45) is 10.9 Å². The van der Waals surface area contributed by atoms with E-state index in [1.54, 1.807) is 0 Å². The fourth-order valence-corrected chi connectivity index (χ4v) is 3.33. The van der Waals surface area contributed by atoms with Crippen LogP contribution in [0.5, 0.6) is 0 Å². The monoisotopic (exact) mass is 344 g/mol. The van der Waals surface area contributed by atoms with Crippen LogP contribution < -0.4 is 5.32 Å². The van der Waals surface area contributed by atoms with E-state index in [-0.39, 0.29) is 5.91 Å². The quantitative estimate of drug-likeness (QED) is 0.843. The zero-order chi connectivity index (χ0) is 18.1. The lowest BCUT2D eigenvalue weighted by atomic mass is 9.99. The first-order chi connectivity index (χ1) is 12.6. The second-order valence-electron chi connectivity index (χ2n) is 7.50. The summed E-state index contributed by atoms with van der Waals surface area (Å²) in [5.41, 5.74) is 6.79. The van der Waals surface area contributed by atoms with Gasteiger partial charge in [-0.3, -0.25) is 4.79 Å². The van der Waals surface area contributed by atoms with E-state index in [0.29, 0.717) is 12.0 Å². The van der Waals surface area contributed by atoms with Crippen LogP contribution in [-0.4, -0.2) is 11.7 Å². The Balaban J connectivity index is 1.57. The minimum atomic E-state index is -0.177. The van der Waals surface area contributed by atoms with Crippen molar-refractivity contribution in [3.63, 3.8) is 0 Å². The first kappa shape index (κ1) is 16.8. The summed E-state index contributed by atoms with van der Waals surface area (Å²) in [6, 6.07) is 16.2. The minimum Gasteiger partial charge on any atom is -0.347 e. The number of carbonyl (C=O) groups excluding carboxylic acids is 1. The van der Waals surface area contributed by atoms with Crippen LogP contribution in [0, 0.1) is 19.8 Å². The molecule has 0 spiro atoms. The third-order valence-electron chi connectivity index (χ3n) is 5.13. The number of allylic oxidation sites excluding steroid dienone is 1. The number of hydrogen-bond acceptors (Lipinski definition) is 1. The summed E-state index contributed by atoms with van der Waals surface area (Å²) in [4.78, 5) is 16.9. The van der Waals surface area contributed by atoms with E-state index in [4.69, 9.17) is 0 Å². The fourth-order valence-electron chi connectivity index (χ4n) is 3.33. The summed E-state index contributed by atoms with van der Waals surface area (Å²) < 4.78 is 0. The number of rotatable bonds is 4. The zero-order valence-electron chi connectivity index (χ0n) is 15.4. The maximum atomic E-state index is 12.5. The highest BCUT2D eigenvalue weighted by molar-refractivity contribution is 6.08. The zero-order valence-corrected chi connectivity index (χ0v) is 15.4. The van der Waals surface area contributed by atoms with Gasteiger partial charge in [-0.15, -0.1) is 0 Å². The molecule has 1 aliphatic carbocycles. The summed E-state index contributed by atoms with van der Waals surface area (Å²) in [7, 11) is 0. The fraction of sp³-hybridized carbons (Fsp3) is 0.304. The Bertz CT molecular complexity index is 885. The second-order valence-corrected chi connectivity index (χ2v) is 7.50. The van der Waals surface area contributed by atoms with Crippen molar-refractivity contribution >= 4 is 17.3 Å². The summed E-state index contributed by atoms with van der Waals surface area (Å²) in [6.45, 7) is 4.11. The van der Waals surface area contributed by atoms with Gasteiger partial charge in [0.15, 0.2) is 0 Å². The molecule has 2 aromatic carbocycles. The van der Waals surface area contributed by atoms with Crippen LogP contribution in [0.4, 0.5) is 0 Å². The predicted molar refractivity (Wildman–Crippen MR) is 106 cm³/mol. The first-order valence-electron chi connectivity index (χ1n) is 9.33. The largest absolute Gasteiger partial charge is 0.347 e. The highest BCUT2D eigenvalue weighted by atomic mass is 16.1. The van der Waals surface area contributed by atoms with Gasteiger partial charge in [0.25, 0.3) is 5.91 Å². The molecule has 1 heterocycles. The van der Waals surface area contributed by atoms with Gasteiger partial charge in [-0.1, -0.05) is 47.5 Å². The smallest absolute Gasteiger partial charge is 0.278 e. The van der Waals surface area contributed by atoms with E-state index in [1.165, 1.54) is 35.2 Å². The van der Waals surface area contributed by atoms with Gasteiger partial charge in [-0.25, -0.2) is 0 Å². The lowest BCUT2D eigenvalue weighted by Crippen LogP contribution is -2.18. The topological polar surface area (TPSA) is 41.5 Å². The van der Waals surface area contributed by atoms with Crippen molar-refractivity contribution in [1.82, 2.24) is 5.32 Å². The number of carbonyl (C=O) groups is 1. The third kappa shape index (κ3) is 3.77. The standard InChI is InChI=1S/C23H24N2O/c1-15-3-9-18(10-4-15)20-14-22(24-21(20)13-17-7-8-17)25-23(26)19-11-5-16(2)6-12-19/h3-6,9-12,17H,7-8,13-14H2,1-2H3,(H,24,25,26). The van der Waals surface area contributed by atoms with Crippen molar-refractivity contribution in [1.29, 1.82) is 0 Å². The Labute approximate surface area is 154 Å². The molecular formula is C23H24N2O. The second kappa shape index (κ2) is 6.91. The molecule has 1 N–H and O–H groups in total. The van der Waals surface area contributed by atoms with E-state index < -0.39 is 0 Å². The Morgan fingerprint density at radius 3 is 2.23 bits per heavy atom. The molecule has 4 rings (SSSR count). The maximum Gasteiger partial charge on any atom is 0.278 e. The van der Waals surface area contributed by atoms with Crippen LogP contribution in [0.25, 0.3) is 5.57 Å². The number of benzene rings is 2. The lowest BCUT2D eigenvalue weighted by Gasteiger charge is -2.07. The van der Waals surface area contributed by atoms with Gasteiger partial charge in [0.1, 0.15) is 5.84 Å². The normalized spacial score (nSPS) is 18.3. The van der Waals surface area contributed by atoms with Gasteiger partial charge in [0, 0.05) is 17.7 Å². The number of nitrogens with zero attached hydrogens (tertiary/aromatic N) is 1. The van der Waals surface area contributed by atoms with E-state index in [9.17, 15) is 4.79 Å². The minimum absolute atomic E-state index is 0.177.